The molecule has 1 unspecified atom stereocenters. The molecule has 1 aliphatic rings. The maximum Gasteiger partial charge on any atom is 0.321 e. The largest absolute Gasteiger partial charge is 0.491 e. The second-order valence-electron chi connectivity index (χ2n) is 6.70. The van der Waals surface area contributed by atoms with Gasteiger partial charge >= 0.3 is 6.03 Å². The number of anilines is 1. The number of nitrogens with zero attached hydrogens (tertiary/aromatic N) is 1. The van der Waals surface area contributed by atoms with E-state index >= 15 is 0 Å². The van der Waals surface area contributed by atoms with Crippen LogP contribution in [0.25, 0.3) is 0 Å². The predicted octanol–water partition coefficient (Wildman–Crippen LogP) is 3.35. The van der Waals surface area contributed by atoms with Crippen LogP contribution in [0.3, 0.4) is 0 Å². The minimum absolute atomic E-state index is 0.102. The summed E-state index contributed by atoms with van der Waals surface area (Å²) >= 11 is 0. The van der Waals surface area contributed by atoms with Gasteiger partial charge in [0.1, 0.15) is 5.75 Å². The van der Waals surface area contributed by atoms with Crippen LogP contribution >= 0.6 is 0 Å². The Morgan fingerprint density at radius 3 is 2.57 bits per heavy atom. The van der Waals surface area contributed by atoms with Crippen molar-refractivity contribution in [2.45, 2.75) is 39.7 Å². The lowest BCUT2D eigenvalue weighted by Crippen LogP contribution is -2.42. The van der Waals surface area contributed by atoms with Crippen molar-refractivity contribution in [3.05, 3.63) is 24.3 Å². The third-order valence-corrected chi connectivity index (χ3v) is 4.21. The molecule has 1 heterocycles. The molecule has 0 bridgehead atoms. The summed E-state index contributed by atoms with van der Waals surface area (Å²) in [6.45, 7) is 7.98. The summed E-state index contributed by atoms with van der Waals surface area (Å²) in [7, 11) is 0. The van der Waals surface area contributed by atoms with Crippen molar-refractivity contribution in [1.29, 1.82) is 0 Å². The molecule has 5 heteroatoms. The van der Waals surface area contributed by atoms with Crippen LogP contribution in [0.5, 0.6) is 5.75 Å². The molecule has 0 aromatic heterocycles. The highest BCUT2D eigenvalue weighted by molar-refractivity contribution is 5.91. The Morgan fingerprint density at radius 2 is 1.96 bits per heavy atom. The van der Waals surface area contributed by atoms with Crippen LogP contribution in [0.15, 0.2) is 24.3 Å². The Bertz CT molecular complexity index is 509. The number of aliphatic hydroxyl groups excluding tert-OH is 1. The Kier molecular flexibility index (Phi) is 6.28. The van der Waals surface area contributed by atoms with Gasteiger partial charge in [-0.25, -0.2) is 4.79 Å². The number of para-hydroxylation sites is 2. The van der Waals surface area contributed by atoms with Crippen LogP contribution < -0.4 is 10.1 Å². The van der Waals surface area contributed by atoms with Gasteiger partial charge in [-0.05, 0) is 43.7 Å². The SMILES string of the molecule is CC(C)COc1ccccc1NC(=O)N1CCC(C(C)O)CC1. The third-order valence-electron chi connectivity index (χ3n) is 4.21. The Balaban J connectivity index is 1.93. The first kappa shape index (κ1) is 17.6. The van der Waals surface area contributed by atoms with Crippen molar-refractivity contribution >= 4 is 11.7 Å². The van der Waals surface area contributed by atoms with Crippen molar-refractivity contribution < 1.29 is 14.6 Å². The van der Waals surface area contributed by atoms with Gasteiger partial charge in [-0.15, -0.1) is 0 Å². The number of hydrogen-bond donors (Lipinski definition) is 2. The fourth-order valence-electron chi connectivity index (χ4n) is 2.73. The molecule has 2 amide bonds. The van der Waals surface area contributed by atoms with Crippen LogP contribution in [0.2, 0.25) is 0 Å². The summed E-state index contributed by atoms with van der Waals surface area (Å²) < 4.78 is 5.77. The highest BCUT2D eigenvalue weighted by Gasteiger charge is 2.25. The molecule has 2 N–H and O–H groups in total. The van der Waals surface area contributed by atoms with Crippen molar-refractivity contribution in [3.8, 4) is 5.75 Å². The van der Waals surface area contributed by atoms with E-state index in [0.29, 0.717) is 43.0 Å². The van der Waals surface area contributed by atoms with Crippen LogP contribution in [-0.2, 0) is 0 Å². The van der Waals surface area contributed by atoms with Crippen LogP contribution in [0.1, 0.15) is 33.6 Å². The molecule has 0 aliphatic carbocycles. The number of urea groups is 1. The number of amides is 2. The Hall–Kier alpha value is -1.75. The maximum absolute atomic E-state index is 12.4. The number of ether oxygens (including phenoxy) is 1. The molecule has 1 saturated heterocycles. The van der Waals surface area contributed by atoms with Gasteiger partial charge in [0.2, 0.25) is 0 Å². The summed E-state index contributed by atoms with van der Waals surface area (Å²) in [6.07, 6.45) is 1.39. The van der Waals surface area contributed by atoms with Crippen molar-refractivity contribution in [3.63, 3.8) is 0 Å². The summed E-state index contributed by atoms with van der Waals surface area (Å²) in [5, 5.41) is 12.6. The van der Waals surface area contributed by atoms with Crippen molar-refractivity contribution in [1.82, 2.24) is 4.90 Å². The molecule has 1 aromatic carbocycles. The predicted molar refractivity (Wildman–Crippen MR) is 91.8 cm³/mol. The van der Waals surface area contributed by atoms with E-state index in [2.05, 4.69) is 19.2 Å². The number of rotatable bonds is 5. The number of nitrogens with one attached hydrogen (secondary N) is 1. The molecule has 0 radical (unpaired) electrons. The molecular weight excluding hydrogens is 292 g/mol. The van der Waals surface area contributed by atoms with Crippen molar-refractivity contribution in [2.75, 3.05) is 25.0 Å². The van der Waals surface area contributed by atoms with E-state index in [1.807, 2.05) is 31.2 Å². The summed E-state index contributed by atoms with van der Waals surface area (Å²) in [5.74, 6) is 1.42. The second-order valence-corrected chi connectivity index (χ2v) is 6.70. The lowest BCUT2D eigenvalue weighted by molar-refractivity contribution is 0.0820. The van der Waals surface area contributed by atoms with E-state index in [4.69, 9.17) is 4.74 Å². The number of carbonyl (C=O) groups is 1. The number of piperidine rings is 1. The molecule has 0 saturated carbocycles. The maximum atomic E-state index is 12.4. The standard InChI is InChI=1S/C18H28N2O3/c1-13(2)12-23-17-7-5-4-6-16(17)19-18(22)20-10-8-15(9-11-20)14(3)21/h4-7,13-15,21H,8-12H2,1-3H3,(H,19,22). The van der Waals surface area contributed by atoms with Gasteiger partial charge in [0, 0.05) is 13.1 Å². The molecule has 5 nitrogen and oxygen atoms in total. The second kappa shape index (κ2) is 8.20. The highest BCUT2D eigenvalue weighted by atomic mass is 16.5. The number of benzene rings is 1. The fraction of sp³-hybridized carbons (Fsp3) is 0.611. The number of aliphatic hydroxyl groups is 1. The zero-order chi connectivity index (χ0) is 16.8. The Labute approximate surface area is 138 Å². The number of hydrogen-bond acceptors (Lipinski definition) is 3. The van der Waals surface area contributed by atoms with Crippen LogP contribution in [0, 0.1) is 11.8 Å². The van der Waals surface area contributed by atoms with Gasteiger partial charge in [-0.3, -0.25) is 0 Å². The molecule has 1 atom stereocenters. The highest BCUT2D eigenvalue weighted by Crippen LogP contribution is 2.26. The molecule has 1 aromatic rings. The lowest BCUT2D eigenvalue weighted by Gasteiger charge is -2.33. The first-order valence-electron chi connectivity index (χ1n) is 8.43. The smallest absolute Gasteiger partial charge is 0.321 e. The lowest BCUT2D eigenvalue weighted by atomic mass is 9.92. The van der Waals surface area contributed by atoms with Crippen LogP contribution in [0.4, 0.5) is 10.5 Å². The summed E-state index contributed by atoms with van der Waals surface area (Å²) in [4.78, 5) is 14.2. The molecule has 1 fully saturated rings. The third kappa shape index (κ3) is 5.13. The van der Waals surface area contributed by atoms with E-state index in [0.717, 1.165) is 12.8 Å². The zero-order valence-corrected chi connectivity index (χ0v) is 14.3. The van der Waals surface area contributed by atoms with Crippen molar-refractivity contribution in [2.24, 2.45) is 11.8 Å². The first-order valence-corrected chi connectivity index (χ1v) is 8.43. The Morgan fingerprint density at radius 1 is 1.30 bits per heavy atom. The van der Waals surface area contributed by atoms with Gasteiger partial charge in [0.05, 0.1) is 18.4 Å². The van der Waals surface area contributed by atoms with E-state index in [1.54, 1.807) is 4.90 Å². The average molecular weight is 320 g/mol. The van der Waals surface area contributed by atoms with E-state index in [9.17, 15) is 9.90 Å². The first-order chi connectivity index (χ1) is 11.0. The monoisotopic (exact) mass is 320 g/mol. The topological polar surface area (TPSA) is 61.8 Å². The van der Waals surface area contributed by atoms with Gasteiger partial charge in [0.15, 0.2) is 0 Å². The quantitative estimate of drug-likeness (QED) is 0.874. The van der Waals surface area contributed by atoms with Gasteiger partial charge < -0.3 is 20.1 Å². The van der Waals surface area contributed by atoms with E-state index in [-0.39, 0.29) is 12.1 Å². The van der Waals surface area contributed by atoms with E-state index < -0.39 is 0 Å². The van der Waals surface area contributed by atoms with Gasteiger partial charge in [0.25, 0.3) is 0 Å². The molecule has 128 valence electrons. The molecular formula is C18H28N2O3. The molecule has 0 spiro atoms. The molecule has 23 heavy (non-hydrogen) atoms. The van der Waals surface area contributed by atoms with Gasteiger partial charge in [-0.2, -0.15) is 0 Å². The molecule has 1 aliphatic heterocycles. The van der Waals surface area contributed by atoms with Gasteiger partial charge in [-0.1, -0.05) is 26.0 Å². The fourth-order valence-corrected chi connectivity index (χ4v) is 2.73. The minimum atomic E-state index is -0.301. The van der Waals surface area contributed by atoms with Crippen LogP contribution in [-0.4, -0.2) is 41.8 Å². The summed E-state index contributed by atoms with van der Waals surface area (Å²) in [5.41, 5.74) is 0.704. The molecule has 2 rings (SSSR count). The minimum Gasteiger partial charge on any atom is -0.491 e. The van der Waals surface area contributed by atoms with E-state index in [1.165, 1.54) is 0 Å². The normalized spacial score (nSPS) is 17.2. The average Bonchev–Trinajstić information content (AvgIpc) is 2.54. The number of likely N-dealkylation sites (tertiary alicyclic amines) is 1. The zero-order valence-electron chi connectivity index (χ0n) is 14.3. The number of carbonyl (C=O) groups excluding carboxylic acids is 1. The summed E-state index contributed by atoms with van der Waals surface area (Å²) in [6, 6.07) is 7.42.